The number of hydrogen-bond acceptors (Lipinski definition) is 5. The number of halogens is 2. The number of hydrogen-bond donors (Lipinski definition) is 1. The monoisotopic (exact) mass is 440 g/mol. The average molecular weight is 440 g/mol. The predicted molar refractivity (Wildman–Crippen MR) is 114 cm³/mol. The molecule has 0 atom stereocenters. The summed E-state index contributed by atoms with van der Waals surface area (Å²) in [6.07, 6.45) is 1.59. The molecule has 158 valence electrons. The summed E-state index contributed by atoms with van der Waals surface area (Å²) in [5.41, 5.74) is 2.20. The van der Waals surface area contributed by atoms with Crippen LogP contribution in [0.15, 0.2) is 70.4 Å². The van der Waals surface area contributed by atoms with Crippen molar-refractivity contribution >= 4 is 23.4 Å². The van der Waals surface area contributed by atoms with Crippen LogP contribution in [0.5, 0.6) is 0 Å². The van der Waals surface area contributed by atoms with E-state index >= 15 is 0 Å². The van der Waals surface area contributed by atoms with Crippen LogP contribution in [0.2, 0.25) is 0 Å². The minimum Gasteiger partial charge on any atom is -0.467 e. The summed E-state index contributed by atoms with van der Waals surface area (Å²) < 4.78 is 33.7. The number of rotatable bonds is 7. The molecule has 0 saturated heterocycles. The Balaban J connectivity index is 1.52. The van der Waals surface area contributed by atoms with Crippen molar-refractivity contribution in [3.63, 3.8) is 0 Å². The minimum atomic E-state index is -1.02. The number of thioether (sulfide) groups is 1. The zero-order valence-corrected chi connectivity index (χ0v) is 17.3. The van der Waals surface area contributed by atoms with E-state index in [1.165, 1.54) is 17.8 Å². The Morgan fingerprint density at radius 1 is 1.10 bits per heavy atom. The number of furan rings is 1. The van der Waals surface area contributed by atoms with E-state index in [1.807, 2.05) is 41.8 Å². The van der Waals surface area contributed by atoms with Crippen molar-refractivity contribution < 1.29 is 18.0 Å². The van der Waals surface area contributed by atoms with E-state index in [9.17, 15) is 13.6 Å². The van der Waals surface area contributed by atoms with Gasteiger partial charge in [0, 0.05) is 17.3 Å². The SMILES string of the molecule is Cc1ccc(-c2nnc(SCC(=O)Nc3ccc(F)c(F)c3)n2Cc2ccco2)cc1. The van der Waals surface area contributed by atoms with Gasteiger partial charge in [-0.2, -0.15) is 0 Å². The maximum absolute atomic E-state index is 13.3. The number of anilines is 1. The van der Waals surface area contributed by atoms with Crippen LogP contribution >= 0.6 is 11.8 Å². The van der Waals surface area contributed by atoms with Crippen LogP contribution in [0.3, 0.4) is 0 Å². The second-order valence-electron chi connectivity index (χ2n) is 6.80. The lowest BCUT2D eigenvalue weighted by Gasteiger charge is -2.09. The average Bonchev–Trinajstić information content (AvgIpc) is 3.40. The molecule has 0 radical (unpaired) electrons. The summed E-state index contributed by atoms with van der Waals surface area (Å²) in [5, 5.41) is 11.6. The normalized spacial score (nSPS) is 10.9. The van der Waals surface area contributed by atoms with Crippen molar-refractivity contribution in [3.8, 4) is 11.4 Å². The van der Waals surface area contributed by atoms with Gasteiger partial charge in [-0.3, -0.25) is 9.36 Å². The molecule has 2 aromatic carbocycles. The summed E-state index contributed by atoms with van der Waals surface area (Å²) in [6.45, 7) is 2.40. The first-order chi connectivity index (χ1) is 15.0. The van der Waals surface area contributed by atoms with Gasteiger partial charge in [-0.1, -0.05) is 41.6 Å². The topological polar surface area (TPSA) is 73.0 Å². The molecule has 0 aliphatic heterocycles. The van der Waals surface area contributed by atoms with Crippen LogP contribution in [0.25, 0.3) is 11.4 Å². The standard InChI is InChI=1S/C22H18F2N4O2S/c1-14-4-6-15(7-5-14)21-26-27-22(28(21)12-17-3-2-10-30-17)31-13-20(29)25-16-8-9-18(23)19(24)11-16/h2-11H,12-13H2,1H3,(H,25,29). The summed E-state index contributed by atoms with van der Waals surface area (Å²) in [7, 11) is 0. The van der Waals surface area contributed by atoms with Gasteiger partial charge in [-0.25, -0.2) is 8.78 Å². The molecule has 0 unspecified atom stereocenters. The Morgan fingerprint density at radius 3 is 2.61 bits per heavy atom. The van der Waals surface area contributed by atoms with Gasteiger partial charge in [0.2, 0.25) is 5.91 Å². The van der Waals surface area contributed by atoms with Crippen LogP contribution in [-0.4, -0.2) is 26.4 Å². The largest absolute Gasteiger partial charge is 0.467 e. The minimum absolute atomic E-state index is 0.0170. The third-order valence-electron chi connectivity index (χ3n) is 4.46. The number of nitrogens with zero attached hydrogens (tertiary/aromatic N) is 3. The molecule has 0 aliphatic rings. The maximum Gasteiger partial charge on any atom is 0.234 e. The lowest BCUT2D eigenvalue weighted by Crippen LogP contribution is -2.15. The molecule has 4 aromatic rings. The van der Waals surface area contributed by atoms with Crippen LogP contribution in [0, 0.1) is 18.6 Å². The van der Waals surface area contributed by atoms with Gasteiger partial charge in [0.15, 0.2) is 22.6 Å². The third kappa shape index (κ3) is 5.00. The number of aromatic nitrogens is 3. The number of benzene rings is 2. The second-order valence-corrected chi connectivity index (χ2v) is 7.75. The van der Waals surface area contributed by atoms with E-state index in [-0.39, 0.29) is 17.3 Å². The van der Waals surface area contributed by atoms with Crippen LogP contribution in [0.1, 0.15) is 11.3 Å². The number of carbonyl (C=O) groups excluding carboxylic acids is 1. The van der Waals surface area contributed by atoms with Crippen molar-refractivity contribution in [2.24, 2.45) is 0 Å². The molecule has 6 nitrogen and oxygen atoms in total. The fraction of sp³-hybridized carbons (Fsp3) is 0.136. The molecule has 4 rings (SSSR count). The molecule has 0 fully saturated rings. The zero-order valence-electron chi connectivity index (χ0n) is 16.5. The Kier molecular flexibility index (Phi) is 6.13. The van der Waals surface area contributed by atoms with Gasteiger partial charge >= 0.3 is 0 Å². The lowest BCUT2D eigenvalue weighted by atomic mass is 10.1. The number of amides is 1. The first-order valence-corrected chi connectivity index (χ1v) is 10.4. The Bertz CT molecular complexity index is 1190. The molecular weight excluding hydrogens is 422 g/mol. The van der Waals surface area contributed by atoms with E-state index in [2.05, 4.69) is 15.5 Å². The molecule has 1 amide bonds. The zero-order chi connectivity index (χ0) is 21.8. The van der Waals surface area contributed by atoms with Crippen LogP contribution in [0.4, 0.5) is 14.5 Å². The molecular formula is C22H18F2N4O2S. The highest BCUT2D eigenvalue weighted by Gasteiger charge is 2.17. The summed E-state index contributed by atoms with van der Waals surface area (Å²) in [6, 6.07) is 14.8. The molecule has 1 N–H and O–H groups in total. The number of carbonyl (C=O) groups is 1. The van der Waals surface area contributed by atoms with E-state index in [1.54, 1.807) is 12.3 Å². The Labute approximate surface area is 181 Å². The van der Waals surface area contributed by atoms with Gasteiger partial charge in [-0.05, 0) is 31.2 Å². The molecule has 2 heterocycles. The third-order valence-corrected chi connectivity index (χ3v) is 5.42. The fourth-order valence-corrected chi connectivity index (χ4v) is 3.65. The lowest BCUT2D eigenvalue weighted by molar-refractivity contribution is -0.113. The summed E-state index contributed by atoms with van der Waals surface area (Å²) in [4.78, 5) is 12.3. The molecule has 31 heavy (non-hydrogen) atoms. The van der Waals surface area contributed by atoms with Crippen molar-refractivity contribution in [1.82, 2.24) is 14.8 Å². The number of aryl methyl sites for hydroxylation is 1. The quantitative estimate of drug-likeness (QED) is 0.414. The van der Waals surface area contributed by atoms with Gasteiger partial charge in [0.1, 0.15) is 5.76 Å². The molecule has 0 spiro atoms. The first-order valence-electron chi connectivity index (χ1n) is 9.40. The Hall–Kier alpha value is -3.46. The van der Waals surface area contributed by atoms with Crippen molar-refractivity contribution in [1.29, 1.82) is 0 Å². The first kappa shape index (κ1) is 20.8. The number of nitrogens with one attached hydrogen (secondary N) is 1. The van der Waals surface area contributed by atoms with E-state index in [0.29, 0.717) is 17.5 Å². The molecule has 2 aromatic heterocycles. The van der Waals surface area contributed by atoms with Crippen LogP contribution in [-0.2, 0) is 11.3 Å². The fourth-order valence-electron chi connectivity index (χ4n) is 2.91. The molecule has 0 aliphatic carbocycles. The van der Waals surface area contributed by atoms with Gasteiger partial charge in [0.25, 0.3) is 0 Å². The van der Waals surface area contributed by atoms with E-state index in [4.69, 9.17) is 4.42 Å². The highest BCUT2D eigenvalue weighted by Crippen LogP contribution is 2.26. The predicted octanol–water partition coefficient (Wildman–Crippen LogP) is 4.90. The molecule has 0 saturated carbocycles. The molecule has 0 bridgehead atoms. The van der Waals surface area contributed by atoms with E-state index in [0.717, 1.165) is 29.0 Å². The van der Waals surface area contributed by atoms with Crippen molar-refractivity contribution in [2.45, 2.75) is 18.6 Å². The van der Waals surface area contributed by atoms with E-state index < -0.39 is 11.6 Å². The van der Waals surface area contributed by atoms with Gasteiger partial charge < -0.3 is 9.73 Å². The summed E-state index contributed by atoms with van der Waals surface area (Å²) >= 11 is 1.19. The van der Waals surface area contributed by atoms with Crippen LogP contribution < -0.4 is 5.32 Å². The highest BCUT2D eigenvalue weighted by atomic mass is 32.2. The van der Waals surface area contributed by atoms with Crippen molar-refractivity contribution in [3.05, 3.63) is 83.8 Å². The Morgan fingerprint density at radius 2 is 1.90 bits per heavy atom. The summed E-state index contributed by atoms with van der Waals surface area (Å²) in [5.74, 6) is -0.974. The second kappa shape index (κ2) is 9.13. The van der Waals surface area contributed by atoms with Gasteiger partial charge in [0.05, 0.1) is 18.6 Å². The van der Waals surface area contributed by atoms with Crippen molar-refractivity contribution in [2.75, 3.05) is 11.1 Å². The highest BCUT2D eigenvalue weighted by molar-refractivity contribution is 7.99. The maximum atomic E-state index is 13.3. The smallest absolute Gasteiger partial charge is 0.234 e. The van der Waals surface area contributed by atoms with Gasteiger partial charge in [-0.15, -0.1) is 10.2 Å². The molecule has 9 heteroatoms.